The van der Waals surface area contributed by atoms with E-state index in [1.54, 1.807) is 0 Å². The summed E-state index contributed by atoms with van der Waals surface area (Å²) in [4.78, 5) is 16.3. The second-order valence-corrected chi connectivity index (χ2v) is 5.76. The topological polar surface area (TPSA) is 68.0 Å². The van der Waals surface area contributed by atoms with Gasteiger partial charge in [0.1, 0.15) is 0 Å². The van der Waals surface area contributed by atoms with Crippen molar-refractivity contribution < 1.29 is 22.5 Å². The summed E-state index contributed by atoms with van der Waals surface area (Å²) in [6, 6.07) is 4.64. The molecule has 1 saturated carbocycles. The predicted molar refractivity (Wildman–Crippen MR) is 78.1 cm³/mol. The van der Waals surface area contributed by atoms with Crippen molar-refractivity contribution in [3.8, 4) is 0 Å². The number of nitrogens with one attached hydrogen (secondary N) is 1. The van der Waals surface area contributed by atoms with E-state index in [2.05, 4.69) is 15.5 Å². The van der Waals surface area contributed by atoms with Crippen LogP contribution in [0, 0.1) is 0 Å². The molecular weight excluding hydrogens is 323 g/mol. The molecule has 1 aliphatic carbocycles. The van der Waals surface area contributed by atoms with Crippen molar-refractivity contribution in [3.05, 3.63) is 47.1 Å². The van der Waals surface area contributed by atoms with E-state index >= 15 is 0 Å². The number of alkyl halides is 3. The van der Waals surface area contributed by atoms with E-state index in [0.29, 0.717) is 5.89 Å². The predicted octanol–water partition coefficient (Wildman–Crippen LogP) is 3.68. The standard InChI is InChI=1S/C16H16F3N3O2/c17-16(18,19)12-8-4-3-7-11(12)14(23)20-9-13-21-15(24-22-13)10-5-1-2-6-10/h3-4,7-8,10H,1-2,5-6,9H2,(H,20,23). The molecule has 0 saturated heterocycles. The third kappa shape index (κ3) is 3.58. The van der Waals surface area contributed by atoms with Gasteiger partial charge in [-0.1, -0.05) is 30.1 Å². The highest BCUT2D eigenvalue weighted by Crippen LogP contribution is 2.33. The second kappa shape index (κ2) is 6.62. The number of hydrogen-bond acceptors (Lipinski definition) is 4. The first-order chi connectivity index (χ1) is 11.4. The van der Waals surface area contributed by atoms with Crippen molar-refractivity contribution >= 4 is 5.91 Å². The maximum Gasteiger partial charge on any atom is 0.417 e. The zero-order valence-electron chi connectivity index (χ0n) is 12.8. The number of halogens is 3. The van der Waals surface area contributed by atoms with Gasteiger partial charge in [-0.3, -0.25) is 4.79 Å². The largest absolute Gasteiger partial charge is 0.417 e. The Morgan fingerprint density at radius 1 is 1.25 bits per heavy atom. The second-order valence-electron chi connectivity index (χ2n) is 5.76. The maximum absolute atomic E-state index is 12.9. The lowest BCUT2D eigenvalue weighted by Gasteiger charge is -2.11. The fourth-order valence-corrected chi connectivity index (χ4v) is 2.86. The van der Waals surface area contributed by atoms with Crippen LogP contribution in [0.1, 0.15) is 59.2 Å². The number of carbonyl (C=O) groups is 1. The van der Waals surface area contributed by atoms with Crippen LogP contribution >= 0.6 is 0 Å². The van der Waals surface area contributed by atoms with Gasteiger partial charge in [0.05, 0.1) is 17.7 Å². The number of hydrogen-bond donors (Lipinski definition) is 1. The van der Waals surface area contributed by atoms with Crippen LogP contribution in [-0.4, -0.2) is 16.0 Å². The fourth-order valence-electron chi connectivity index (χ4n) is 2.86. The van der Waals surface area contributed by atoms with E-state index in [4.69, 9.17) is 4.52 Å². The summed E-state index contributed by atoms with van der Waals surface area (Å²) in [6.45, 7) is -0.0821. The van der Waals surface area contributed by atoms with E-state index < -0.39 is 23.2 Å². The highest BCUT2D eigenvalue weighted by atomic mass is 19.4. The lowest BCUT2D eigenvalue weighted by molar-refractivity contribution is -0.137. The number of aromatic nitrogens is 2. The van der Waals surface area contributed by atoms with Crippen molar-refractivity contribution in [2.75, 3.05) is 0 Å². The zero-order chi connectivity index (χ0) is 17.2. The lowest BCUT2D eigenvalue weighted by atomic mass is 10.1. The average molecular weight is 339 g/mol. The Kier molecular flexibility index (Phi) is 4.55. The molecule has 24 heavy (non-hydrogen) atoms. The summed E-state index contributed by atoms with van der Waals surface area (Å²) in [5.74, 6) is 0.213. The first-order valence-electron chi connectivity index (χ1n) is 7.72. The number of amides is 1. The van der Waals surface area contributed by atoms with Crippen LogP contribution < -0.4 is 5.32 Å². The van der Waals surface area contributed by atoms with Gasteiger partial charge in [-0.05, 0) is 25.0 Å². The first-order valence-corrected chi connectivity index (χ1v) is 7.72. The van der Waals surface area contributed by atoms with Crippen molar-refractivity contribution in [1.29, 1.82) is 0 Å². The van der Waals surface area contributed by atoms with Gasteiger partial charge in [0, 0.05) is 5.92 Å². The molecule has 0 aliphatic heterocycles. The molecular formula is C16H16F3N3O2. The average Bonchev–Trinajstić information content (AvgIpc) is 3.23. The highest BCUT2D eigenvalue weighted by Gasteiger charge is 2.34. The number of rotatable bonds is 4. The smallest absolute Gasteiger partial charge is 0.345 e. The Hall–Kier alpha value is -2.38. The highest BCUT2D eigenvalue weighted by molar-refractivity contribution is 5.95. The molecule has 128 valence electrons. The number of nitrogens with zero attached hydrogens (tertiary/aromatic N) is 2. The molecule has 2 aromatic rings. The lowest BCUT2D eigenvalue weighted by Crippen LogP contribution is -2.26. The van der Waals surface area contributed by atoms with Gasteiger partial charge in [-0.25, -0.2) is 0 Å². The minimum Gasteiger partial charge on any atom is -0.345 e. The van der Waals surface area contributed by atoms with Crippen molar-refractivity contribution in [1.82, 2.24) is 15.5 Å². The van der Waals surface area contributed by atoms with Crippen LogP contribution in [0.15, 0.2) is 28.8 Å². The summed E-state index contributed by atoms with van der Waals surface area (Å²) in [7, 11) is 0. The monoisotopic (exact) mass is 339 g/mol. The van der Waals surface area contributed by atoms with E-state index in [-0.39, 0.29) is 18.3 Å². The molecule has 1 N–H and O–H groups in total. The van der Waals surface area contributed by atoms with E-state index in [9.17, 15) is 18.0 Å². The van der Waals surface area contributed by atoms with Gasteiger partial charge in [-0.2, -0.15) is 18.2 Å². The van der Waals surface area contributed by atoms with Crippen molar-refractivity contribution in [3.63, 3.8) is 0 Å². The minimum absolute atomic E-state index is 0.0821. The number of carbonyl (C=O) groups excluding carboxylic acids is 1. The molecule has 1 amide bonds. The molecule has 0 atom stereocenters. The summed E-state index contributed by atoms with van der Waals surface area (Å²) >= 11 is 0. The Bertz CT molecular complexity index is 721. The molecule has 3 rings (SSSR count). The third-order valence-corrected chi connectivity index (χ3v) is 4.07. The molecule has 1 aliphatic rings. The molecule has 1 aromatic carbocycles. The van der Waals surface area contributed by atoms with E-state index in [1.165, 1.54) is 12.1 Å². The normalized spacial score (nSPS) is 15.6. The Labute approximate surface area is 136 Å². The van der Waals surface area contributed by atoms with Crippen LogP contribution in [0.25, 0.3) is 0 Å². The fraction of sp³-hybridized carbons (Fsp3) is 0.438. The van der Waals surface area contributed by atoms with E-state index in [1.807, 2.05) is 0 Å². The Morgan fingerprint density at radius 2 is 1.96 bits per heavy atom. The van der Waals surface area contributed by atoms with Gasteiger partial charge in [0.25, 0.3) is 5.91 Å². The van der Waals surface area contributed by atoms with Gasteiger partial charge in [0.15, 0.2) is 5.82 Å². The molecule has 1 heterocycles. The van der Waals surface area contributed by atoms with Crippen LogP contribution in [0.3, 0.4) is 0 Å². The SMILES string of the molecule is O=C(NCc1noc(C2CCCC2)n1)c1ccccc1C(F)(F)F. The molecule has 0 bridgehead atoms. The molecule has 1 fully saturated rings. The van der Waals surface area contributed by atoms with Gasteiger partial charge in [0.2, 0.25) is 5.89 Å². The van der Waals surface area contributed by atoms with Crippen molar-refractivity contribution in [2.24, 2.45) is 0 Å². The molecule has 0 spiro atoms. The number of benzene rings is 1. The molecule has 8 heteroatoms. The van der Waals surface area contributed by atoms with Gasteiger partial charge >= 0.3 is 6.18 Å². The van der Waals surface area contributed by atoms with E-state index in [0.717, 1.165) is 37.8 Å². The molecule has 1 aromatic heterocycles. The summed E-state index contributed by atoms with van der Waals surface area (Å²) in [5.41, 5.74) is -1.40. The summed E-state index contributed by atoms with van der Waals surface area (Å²) in [5, 5.41) is 6.18. The Morgan fingerprint density at radius 3 is 2.67 bits per heavy atom. The molecule has 0 unspecified atom stereocenters. The molecule has 0 radical (unpaired) electrons. The van der Waals surface area contributed by atoms with Crippen LogP contribution in [0.5, 0.6) is 0 Å². The molecule has 5 nitrogen and oxygen atoms in total. The quantitative estimate of drug-likeness (QED) is 0.923. The first kappa shape index (κ1) is 16.5. The van der Waals surface area contributed by atoms with Crippen molar-refractivity contribution in [2.45, 2.75) is 44.3 Å². The maximum atomic E-state index is 12.9. The van der Waals surface area contributed by atoms with Crippen LogP contribution in [-0.2, 0) is 12.7 Å². The zero-order valence-corrected chi connectivity index (χ0v) is 12.8. The van der Waals surface area contributed by atoms with Crippen LogP contribution in [0.4, 0.5) is 13.2 Å². The Balaban J connectivity index is 1.66. The van der Waals surface area contributed by atoms with Gasteiger partial charge < -0.3 is 9.84 Å². The minimum atomic E-state index is -4.59. The van der Waals surface area contributed by atoms with Crippen LogP contribution in [0.2, 0.25) is 0 Å². The summed E-state index contributed by atoms with van der Waals surface area (Å²) < 4.78 is 44.0. The third-order valence-electron chi connectivity index (χ3n) is 4.07. The summed E-state index contributed by atoms with van der Waals surface area (Å²) in [6.07, 6.45) is -0.365. The van der Waals surface area contributed by atoms with Gasteiger partial charge in [-0.15, -0.1) is 0 Å².